The highest BCUT2D eigenvalue weighted by Gasteiger charge is 2.25. The van der Waals surface area contributed by atoms with Crippen LogP contribution in [0.4, 0.5) is 0 Å². The molecule has 2 aromatic rings. The van der Waals surface area contributed by atoms with Crippen molar-refractivity contribution in [2.75, 3.05) is 6.54 Å². The zero-order valence-corrected chi connectivity index (χ0v) is 14.5. The van der Waals surface area contributed by atoms with Crippen LogP contribution in [-0.4, -0.2) is 18.4 Å². The number of carbonyl (C=O) groups is 2. The van der Waals surface area contributed by atoms with Crippen LogP contribution >= 0.6 is 22.6 Å². The maximum Gasteiger partial charge on any atom is 0.340 e. The van der Waals surface area contributed by atoms with Crippen molar-refractivity contribution in [3.8, 4) is 0 Å². The van der Waals surface area contributed by atoms with E-state index in [0.29, 0.717) is 17.7 Å². The molecule has 0 saturated carbocycles. The van der Waals surface area contributed by atoms with Crippen LogP contribution in [0.1, 0.15) is 22.0 Å². The van der Waals surface area contributed by atoms with Crippen LogP contribution in [0.15, 0.2) is 67.3 Å². The molecule has 5 heteroatoms. The Morgan fingerprint density at radius 2 is 1.78 bits per heavy atom. The molecule has 1 atom stereocenters. The minimum atomic E-state index is -1.00. The lowest BCUT2D eigenvalue weighted by Crippen LogP contribution is -2.32. The summed E-state index contributed by atoms with van der Waals surface area (Å²) in [5.74, 6) is -0.909. The Kier molecular flexibility index (Phi) is 6.34. The molecular weight excluding hydrogens is 405 g/mol. The minimum Gasteiger partial charge on any atom is -0.444 e. The zero-order chi connectivity index (χ0) is 16.7. The quantitative estimate of drug-likeness (QED) is 0.442. The van der Waals surface area contributed by atoms with Gasteiger partial charge in [0.2, 0.25) is 6.10 Å². The molecule has 0 radical (unpaired) electrons. The van der Waals surface area contributed by atoms with Crippen LogP contribution < -0.4 is 5.32 Å². The number of amides is 1. The highest BCUT2D eigenvalue weighted by atomic mass is 127. The first-order valence-corrected chi connectivity index (χ1v) is 8.10. The number of rotatable bonds is 6. The van der Waals surface area contributed by atoms with Gasteiger partial charge in [-0.25, -0.2) is 4.79 Å². The number of hydrogen-bond donors (Lipinski definition) is 1. The molecule has 0 aliphatic heterocycles. The van der Waals surface area contributed by atoms with Crippen molar-refractivity contribution in [1.29, 1.82) is 0 Å². The van der Waals surface area contributed by atoms with Crippen molar-refractivity contribution < 1.29 is 14.3 Å². The fourth-order valence-electron chi connectivity index (χ4n) is 1.96. The highest BCUT2D eigenvalue weighted by molar-refractivity contribution is 14.1. The normalized spacial score (nSPS) is 11.3. The fraction of sp³-hybridized carbons (Fsp3) is 0.111. The van der Waals surface area contributed by atoms with Gasteiger partial charge in [0.1, 0.15) is 0 Å². The molecule has 4 nitrogen and oxygen atoms in total. The van der Waals surface area contributed by atoms with E-state index in [1.54, 1.807) is 42.5 Å². The van der Waals surface area contributed by atoms with Gasteiger partial charge in [-0.05, 0) is 34.7 Å². The summed E-state index contributed by atoms with van der Waals surface area (Å²) in [6.07, 6.45) is 0.571. The number of carbonyl (C=O) groups excluding carboxylic acids is 2. The van der Waals surface area contributed by atoms with Gasteiger partial charge in [-0.3, -0.25) is 4.79 Å². The van der Waals surface area contributed by atoms with Gasteiger partial charge in [-0.15, -0.1) is 6.58 Å². The molecule has 2 rings (SSSR count). The smallest absolute Gasteiger partial charge is 0.340 e. The van der Waals surface area contributed by atoms with Gasteiger partial charge >= 0.3 is 5.97 Å². The number of ether oxygens (including phenoxy) is 1. The maximum atomic E-state index is 12.4. The van der Waals surface area contributed by atoms with Crippen molar-refractivity contribution in [2.45, 2.75) is 6.10 Å². The van der Waals surface area contributed by atoms with Crippen LogP contribution in [-0.2, 0) is 9.53 Å². The van der Waals surface area contributed by atoms with Crippen molar-refractivity contribution >= 4 is 34.5 Å². The number of esters is 1. The first kappa shape index (κ1) is 17.2. The summed E-state index contributed by atoms with van der Waals surface area (Å²) < 4.78 is 6.24. The summed E-state index contributed by atoms with van der Waals surface area (Å²) >= 11 is 2.06. The second-order valence-corrected chi connectivity index (χ2v) is 5.87. The highest BCUT2D eigenvalue weighted by Crippen LogP contribution is 2.21. The molecule has 0 bridgehead atoms. The third kappa shape index (κ3) is 4.66. The monoisotopic (exact) mass is 421 g/mol. The Hall–Kier alpha value is -2.15. The Bertz CT molecular complexity index is 700. The summed E-state index contributed by atoms with van der Waals surface area (Å²) in [6.45, 7) is 3.87. The SMILES string of the molecule is C=CCNC(=O)[C@@H](OC(=O)c1ccccc1I)c1ccccc1. The zero-order valence-electron chi connectivity index (χ0n) is 12.4. The summed E-state index contributed by atoms with van der Waals surface area (Å²) in [5.41, 5.74) is 1.05. The first-order valence-electron chi connectivity index (χ1n) is 7.02. The van der Waals surface area contributed by atoms with E-state index < -0.39 is 12.1 Å². The maximum absolute atomic E-state index is 12.4. The molecule has 118 valence electrons. The van der Waals surface area contributed by atoms with Gasteiger partial charge in [0, 0.05) is 15.7 Å². The molecule has 0 aromatic heterocycles. The van der Waals surface area contributed by atoms with E-state index >= 15 is 0 Å². The standard InChI is InChI=1S/C18H16INO3/c1-2-12-20-17(21)16(13-8-4-3-5-9-13)23-18(22)14-10-6-7-11-15(14)19/h2-11,16H,1,12H2,(H,20,21)/t16-/m0/s1. The second-order valence-electron chi connectivity index (χ2n) is 4.71. The lowest BCUT2D eigenvalue weighted by atomic mass is 10.1. The summed E-state index contributed by atoms with van der Waals surface area (Å²) in [4.78, 5) is 24.7. The molecule has 0 saturated heterocycles. The molecule has 0 unspecified atom stereocenters. The van der Waals surface area contributed by atoms with Gasteiger partial charge in [0.15, 0.2) is 0 Å². The van der Waals surface area contributed by atoms with Gasteiger partial charge in [-0.1, -0.05) is 48.5 Å². The van der Waals surface area contributed by atoms with Crippen molar-refractivity contribution in [1.82, 2.24) is 5.32 Å². The molecule has 0 fully saturated rings. The van der Waals surface area contributed by atoms with E-state index in [1.165, 1.54) is 0 Å². The number of nitrogens with one attached hydrogen (secondary N) is 1. The average molecular weight is 421 g/mol. The van der Waals surface area contributed by atoms with E-state index in [0.717, 1.165) is 3.57 Å². The molecule has 0 aliphatic rings. The fourth-order valence-corrected chi connectivity index (χ4v) is 2.57. The van der Waals surface area contributed by atoms with E-state index in [-0.39, 0.29) is 5.91 Å². The Balaban J connectivity index is 2.24. The predicted octanol–water partition coefficient (Wildman–Crippen LogP) is 3.49. The van der Waals surface area contributed by atoms with Crippen molar-refractivity contribution in [3.63, 3.8) is 0 Å². The van der Waals surface area contributed by atoms with Crippen LogP contribution in [0.3, 0.4) is 0 Å². The molecular formula is C18H16INO3. The van der Waals surface area contributed by atoms with Crippen LogP contribution in [0.5, 0.6) is 0 Å². The average Bonchev–Trinajstić information content (AvgIpc) is 2.58. The summed E-state index contributed by atoms with van der Waals surface area (Å²) in [6, 6.07) is 16.0. The van der Waals surface area contributed by atoms with Crippen LogP contribution in [0, 0.1) is 3.57 Å². The third-order valence-corrected chi connectivity index (χ3v) is 4.02. The van der Waals surface area contributed by atoms with E-state index in [9.17, 15) is 9.59 Å². The second kappa shape index (κ2) is 8.47. The Morgan fingerprint density at radius 3 is 2.43 bits per heavy atom. The van der Waals surface area contributed by atoms with Gasteiger partial charge in [-0.2, -0.15) is 0 Å². The first-order chi connectivity index (χ1) is 11.1. The third-order valence-electron chi connectivity index (χ3n) is 3.08. The van der Waals surface area contributed by atoms with E-state index in [1.807, 2.05) is 18.2 Å². The number of benzene rings is 2. The molecule has 1 N–H and O–H groups in total. The topological polar surface area (TPSA) is 55.4 Å². The lowest BCUT2D eigenvalue weighted by Gasteiger charge is -2.18. The summed E-state index contributed by atoms with van der Waals surface area (Å²) in [7, 11) is 0. The largest absolute Gasteiger partial charge is 0.444 e. The molecule has 0 spiro atoms. The lowest BCUT2D eigenvalue weighted by molar-refractivity contribution is -0.130. The Labute approximate surface area is 148 Å². The molecule has 2 aromatic carbocycles. The number of hydrogen-bond acceptors (Lipinski definition) is 3. The minimum absolute atomic E-state index is 0.308. The van der Waals surface area contributed by atoms with Gasteiger partial charge in [0.05, 0.1) is 5.56 Å². The Morgan fingerprint density at radius 1 is 1.13 bits per heavy atom. The molecule has 0 aliphatic carbocycles. The van der Waals surface area contributed by atoms with Crippen LogP contribution in [0.25, 0.3) is 0 Å². The molecule has 23 heavy (non-hydrogen) atoms. The number of halogens is 1. The molecule has 0 heterocycles. The van der Waals surface area contributed by atoms with E-state index in [2.05, 4.69) is 34.5 Å². The van der Waals surface area contributed by atoms with Crippen LogP contribution in [0.2, 0.25) is 0 Å². The van der Waals surface area contributed by atoms with Gasteiger partial charge in [0.25, 0.3) is 5.91 Å². The van der Waals surface area contributed by atoms with Crippen molar-refractivity contribution in [3.05, 3.63) is 81.9 Å². The molecule has 1 amide bonds. The van der Waals surface area contributed by atoms with Gasteiger partial charge < -0.3 is 10.1 Å². The predicted molar refractivity (Wildman–Crippen MR) is 97.0 cm³/mol. The van der Waals surface area contributed by atoms with Crippen molar-refractivity contribution in [2.24, 2.45) is 0 Å². The summed E-state index contributed by atoms with van der Waals surface area (Å²) in [5, 5.41) is 2.67. The van der Waals surface area contributed by atoms with E-state index in [4.69, 9.17) is 4.74 Å².